The number of Topliss-reactive ketones (excluding diaryl/α,β-unsaturated/α-hetero) is 1. The zero-order valence-electron chi connectivity index (χ0n) is 12.6. The number of hydrogen-bond acceptors (Lipinski definition) is 5. The number of para-hydroxylation sites is 1. The highest BCUT2D eigenvalue weighted by Crippen LogP contribution is 2.19. The van der Waals surface area contributed by atoms with Crippen LogP contribution in [0.3, 0.4) is 0 Å². The van der Waals surface area contributed by atoms with Gasteiger partial charge in [-0.1, -0.05) is 48.2 Å². The van der Waals surface area contributed by atoms with Gasteiger partial charge in [0.05, 0.1) is 11.4 Å². The molecule has 1 heterocycles. The predicted octanol–water partition coefficient (Wildman–Crippen LogP) is 3.24. The summed E-state index contributed by atoms with van der Waals surface area (Å²) in [4.78, 5) is 12.1. The van der Waals surface area contributed by atoms with E-state index in [-0.39, 0.29) is 5.78 Å². The lowest BCUT2D eigenvalue weighted by molar-refractivity contribution is -0.115. The van der Waals surface area contributed by atoms with Gasteiger partial charge >= 0.3 is 0 Å². The second-order valence-electron chi connectivity index (χ2n) is 4.58. The van der Waals surface area contributed by atoms with E-state index in [9.17, 15) is 4.79 Å². The van der Waals surface area contributed by atoms with E-state index in [1.54, 1.807) is 4.68 Å². The summed E-state index contributed by atoms with van der Waals surface area (Å²) in [5.41, 5.74) is 1.90. The lowest BCUT2D eigenvalue weighted by Gasteiger charge is -2.04. The molecule has 6 heteroatoms. The Morgan fingerprint density at radius 2 is 2.05 bits per heavy atom. The lowest BCUT2D eigenvalue weighted by Crippen LogP contribution is -2.05. The number of tetrazole rings is 1. The Bertz CT molecular complexity index is 676. The van der Waals surface area contributed by atoms with Crippen molar-refractivity contribution in [2.75, 3.05) is 5.75 Å². The van der Waals surface area contributed by atoms with Crippen molar-refractivity contribution in [3.8, 4) is 5.69 Å². The number of ketones is 1. The van der Waals surface area contributed by atoms with E-state index in [2.05, 4.69) is 15.5 Å². The third-order valence-electron chi connectivity index (χ3n) is 2.96. The van der Waals surface area contributed by atoms with Crippen LogP contribution in [0.5, 0.6) is 0 Å². The van der Waals surface area contributed by atoms with Crippen LogP contribution in [0.25, 0.3) is 5.69 Å². The van der Waals surface area contributed by atoms with Gasteiger partial charge in [-0.05, 0) is 42.0 Å². The molecule has 22 heavy (non-hydrogen) atoms. The molecule has 0 saturated carbocycles. The molecule has 5 nitrogen and oxygen atoms in total. The molecule has 0 atom stereocenters. The summed E-state index contributed by atoms with van der Waals surface area (Å²) in [6.45, 7) is 3.88. The molecular weight excluding hydrogens is 296 g/mol. The highest BCUT2D eigenvalue weighted by Gasteiger charge is 2.11. The molecule has 2 rings (SSSR count). The van der Waals surface area contributed by atoms with Crippen LogP contribution in [-0.4, -0.2) is 31.7 Å². The first-order valence-corrected chi connectivity index (χ1v) is 7.99. The van der Waals surface area contributed by atoms with Crippen LogP contribution in [0.1, 0.15) is 20.3 Å². The molecule has 1 aromatic heterocycles. The van der Waals surface area contributed by atoms with Crippen LogP contribution >= 0.6 is 11.8 Å². The van der Waals surface area contributed by atoms with Crippen molar-refractivity contribution < 1.29 is 4.79 Å². The van der Waals surface area contributed by atoms with Crippen LogP contribution in [0.15, 0.2) is 59.3 Å². The molecule has 0 saturated heterocycles. The summed E-state index contributed by atoms with van der Waals surface area (Å²) in [6, 6.07) is 9.63. The SMILES string of the molecule is C/C=C\C(=C/C)CC(=O)CSc1nnnn1-c1ccccc1. The van der Waals surface area contributed by atoms with Crippen LogP contribution < -0.4 is 0 Å². The van der Waals surface area contributed by atoms with Crippen LogP contribution in [-0.2, 0) is 4.79 Å². The number of aromatic nitrogens is 4. The third-order valence-corrected chi connectivity index (χ3v) is 3.94. The first kappa shape index (κ1) is 16.2. The molecule has 0 aliphatic heterocycles. The average molecular weight is 314 g/mol. The Morgan fingerprint density at radius 3 is 2.73 bits per heavy atom. The van der Waals surface area contributed by atoms with Gasteiger partial charge in [0.2, 0.25) is 5.16 Å². The second kappa shape index (κ2) is 8.29. The van der Waals surface area contributed by atoms with Gasteiger partial charge in [0.1, 0.15) is 5.78 Å². The smallest absolute Gasteiger partial charge is 0.214 e. The number of carbonyl (C=O) groups is 1. The zero-order chi connectivity index (χ0) is 15.8. The molecule has 0 unspecified atom stereocenters. The Labute approximate surface area is 134 Å². The van der Waals surface area contributed by atoms with E-state index < -0.39 is 0 Å². The summed E-state index contributed by atoms with van der Waals surface area (Å²) in [7, 11) is 0. The van der Waals surface area contributed by atoms with Crippen molar-refractivity contribution in [2.24, 2.45) is 0 Å². The molecule has 0 aliphatic carbocycles. The number of thioether (sulfide) groups is 1. The fraction of sp³-hybridized carbons (Fsp3) is 0.250. The van der Waals surface area contributed by atoms with Gasteiger partial charge in [-0.15, -0.1) is 5.10 Å². The first-order valence-electron chi connectivity index (χ1n) is 7.00. The topological polar surface area (TPSA) is 60.7 Å². The molecule has 1 aromatic carbocycles. The maximum Gasteiger partial charge on any atom is 0.214 e. The minimum absolute atomic E-state index is 0.152. The van der Waals surface area contributed by atoms with Crippen molar-refractivity contribution in [3.63, 3.8) is 0 Å². The van der Waals surface area contributed by atoms with Crippen LogP contribution in [0.4, 0.5) is 0 Å². The van der Waals surface area contributed by atoms with Crippen molar-refractivity contribution in [3.05, 3.63) is 54.1 Å². The summed E-state index contributed by atoms with van der Waals surface area (Å²) in [5.74, 6) is 0.501. The monoisotopic (exact) mass is 314 g/mol. The molecule has 0 spiro atoms. The highest BCUT2D eigenvalue weighted by atomic mass is 32.2. The molecule has 2 aromatic rings. The maximum absolute atomic E-state index is 12.1. The van der Waals surface area contributed by atoms with Gasteiger partial charge in [0, 0.05) is 6.42 Å². The Morgan fingerprint density at radius 1 is 1.27 bits per heavy atom. The predicted molar refractivity (Wildman–Crippen MR) is 88.1 cm³/mol. The lowest BCUT2D eigenvalue weighted by atomic mass is 10.1. The fourth-order valence-electron chi connectivity index (χ4n) is 1.90. The molecule has 0 fully saturated rings. The van der Waals surface area contributed by atoms with E-state index >= 15 is 0 Å². The number of allylic oxidation sites excluding steroid dienone is 4. The summed E-state index contributed by atoms with van der Waals surface area (Å²) < 4.78 is 1.64. The van der Waals surface area contributed by atoms with E-state index in [1.165, 1.54) is 11.8 Å². The van der Waals surface area contributed by atoms with Gasteiger partial charge in [-0.25, -0.2) is 0 Å². The summed E-state index contributed by atoms with van der Waals surface area (Å²) >= 11 is 1.35. The number of carbonyl (C=O) groups excluding carboxylic acids is 1. The molecule has 0 aliphatic rings. The number of nitrogens with zero attached hydrogens (tertiary/aromatic N) is 4. The standard InChI is InChI=1S/C16H18N4OS/c1-3-8-13(4-2)11-15(21)12-22-16-17-18-19-20(16)14-9-6-5-7-10-14/h3-10H,11-12H2,1-2H3/b8-3-,13-4+. The molecule has 0 N–H and O–H groups in total. The molecular formula is C16H18N4OS. The largest absolute Gasteiger partial charge is 0.298 e. The van der Waals surface area contributed by atoms with Crippen molar-refractivity contribution in [2.45, 2.75) is 25.4 Å². The number of rotatable bonds is 7. The fourth-order valence-corrected chi connectivity index (χ4v) is 2.65. The maximum atomic E-state index is 12.1. The molecule has 0 bridgehead atoms. The van der Waals surface area contributed by atoms with Gasteiger partial charge in [-0.2, -0.15) is 4.68 Å². The van der Waals surface area contributed by atoms with Gasteiger partial charge < -0.3 is 0 Å². The van der Waals surface area contributed by atoms with E-state index in [0.717, 1.165) is 11.3 Å². The zero-order valence-corrected chi connectivity index (χ0v) is 13.5. The van der Waals surface area contributed by atoms with Crippen molar-refractivity contribution in [1.82, 2.24) is 20.2 Å². The highest BCUT2D eigenvalue weighted by molar-refractivity contribution is 7.99. The number of benzene rings is 1. The Hall–Kier alpha value is -2.21. The number of hydrogen-bond donors (Lipinski definition) is 0. The summed E-state index contributed by atoms with van der Waals surface area (Å²) in [5, 5.41) is 12.3. The van der Waals surface area contributed by atoms with E-state index in [1.807, 2.05) is 62.4 Å². The van der Waals surface area contributed by atoms with Crippen LogP contribution in [0, 0.1) is 0 Å². The minimum Gasteiger partial charge on any atom is -0.298 e. The van der Waals surface area contributed by atoms with Crippen molar-refractivity contribution in [1.29, 1.82) is 0 Å². The Kier molecular flexibility index (Phi) is 6.09. The molecule has 0 radical (unpaired) electrons. The first-order chi connectivity index (χ1) is 10.7. The van der Waals surface area contributed by atoms with Gasteiger partial charge in [0.25, 0.3) is 0 Å². The average Bonchev–Trinajstić information content (AvgIpc) is 3.02. The summed E-state index contributed by atoms with van der Waals surface area (Å²) in [6.07, 6.45) is 6.28. The third kappa shape index (κ3) is 4.39. The Balaban J connectivity index is 1.98. The molecule has 0 amide bonds. The minimum atomic E-state index is 0.152. The van der Waals surface area contributed by atoms with Crippen molar-refractivity contribution >= 4 is 17.5 Å². The van der Waals surface area contributed by atoms with E-state index in [0.29, 0.717) is 17.3 Å². The van der Waals surface area contributed by atoms with Gasteiger partial charge in [-0.3, -0.25) is 4.79 Å². The second-order valence-corrected chi connectivity index (χ2v) is 5.52. The van der Waals surface area contributed by atoms with E-state index in [4.69, 9.17) is 0 Å². The normalized spacial score (nSPS) is 12.0. The quantitative estimate of drug-likeness (QED) is 0.580. The molecule has 114 valence electrons. The van der Waals surface area contributed by atoms with Crippen LogP contribution in [0.2, 0.25) is 0 Å². The van der Waals surface area contributed by atoms with Gasteiger partial charge in [0.15, 0.2) is 0 Å².